The van der Waals surface area contributed by atoms with Gasteiger partial charge < -0.3 is 19.7 Å². The third-order valence-electron chi connectivity index (χ3n) is 4.60. The lowest BCUT2D eigenvalue weighted by molar-refractivity contribution is 0.214. The van der Waals surface area contributed by atoms with Crippen molar-refractivity contribution in [3.63, 3.8) is 0 Å². The zero-order chi connectivity index (χ0) is 20.1. The number of anilines is 1. The third kappa shape index (κ3) is 4.66. The highest BCUT2D eigenvalue weighted by Crippen LogP contribution is 2.39. The Kier molecular flexibility index (Phi) is 5.91. The second kappa shape index (κ2) is 8.92. The van der Waals surface area contributed by atoms with Gasteiger partial charge in [-0.25, -0.2) is 4.79 Å². The average molecular weight is 407 g/mol. The van der Waals surface area contributed by atoms with Gasteiger partial charge in [0.15, 0.2) is 0 Å². The van der Waals surface area contributed by atoms with Crippen molar-refractivity contribution in [1.29, 1.82) is 0 Å². The molecule has 1 fully saturated rings. The molecular weight excluding hydrogens is 384 g/mol. The minimum Gasteiger partial charge on any atom is -0.497 e. The Bertz CT molecular complexity index is 981. The first-order valence-electron chi connectivity index (χ1n) is 9.39. The molecule has 29 heavy (non-hydrogen) atoms. The zero-order valence-corrected chi connectivity index (χ0v) is 16.9. The van der Waals surface area contributed by atoms with Crippen LogP contribution < -0.4 is 14.8 Å². The summed E-state index contributed by atoms with van der Waals surface area (Å²) in [6, 6.07) is 24.9. The first-order valence-corrected chi connectivity index (χ1v) is 10.4. The number of hydrogen-bond donors (Lipinski definition) is 1. The summed E-state index contributed by atoms with van der Waals surface area (Å²) in [5.41, 5.74) is 1.76. The van der Waals surface area contributed by atoms with E-state index in [4.69, 9.17) is 9.47 Å². The van der Waals surface area contributed by atoms with E-state index < -0.39 is 0 Å². The maximum absolute atomic E-state index is 12.9. The quantitative estimate of drug-likeness (QED) is 0.585. The van der Waals surface area contributed by atoms with Crippen LogP contribution in [0.3, 0.4) is 0 Å². The predicted octanol–water partition coefficient (Wildman–Crippen LogP) is 5.77. The van der Waals surface area contributed by atoms with Gasteiger partial charge in [-0.15, -0.1) is 11.8 Å². The molecule has 1 aliphatic heterocycles. The standard InChI is InChI=1S/C23H22N2O3S/c1-27-20-11-6-8-18(16-20)24-23(26)25-13-14-29-22(25)17-7-5-12-21(15-17)28-19-9-3-2-4-10-19/h2-12,15-16,22H,13-14H2,1H3,(H,24,26)/t22-/m0/s1. The molecule has 5 nitrogen and oxygen atoms in total. The molecule has 4 rings (SSSR count). The number of para-hydroxylation sites is 1. The van der Waals surface area contributed by atoms with Crippen LogP contribution in [0.1, 0.15) is 10.9 Å². The lowest BCUT2D eigenvalue weighted by Gasteiger charge is -2.25. The molecule has 0 bridgehead atoms. The number of methoxy groups -OCH3 is 1. The van der Waals surface area contributed by atoms with Gasteiger partial charge in [0.05, 0.1) is 7.11 Å². The Balaban J connectivity index is 1.49. The second-order valence-corrected chi connectivity index (χ2v) is 7.75. The van der Waals surface area contributed by atoms with E-state index in [1.54, 1.807) is 18.9 Å². The molecule has 1 N–H and O–H groups in total. The molecule has 0 aliphatic carbocycles. The van der Waals surface area contributed by atoms with Crippen molar-refractivity contribution < 1.29 is 14.3 Å². The Morgan fingerprint density at radius 1 is 0.966 bits per heavy atom. The number of ether oxygens (including phenoxy) is 2. The molecule has 1 saturated heterocycles. The van der Waals surface area contributed by atoms with Crippen molar-refractivity contribution in [2.24, 2.45) is 0 Å². The Morgan fingerprint density at radius 3 is 2.55 bits per heavy atom. The van der Waals surface area contributed by atoms with Crippen LogP contribution in [-0.2, 0) is 0 Å². The Hall–Kier alpha value is -3.12. The summed E-state index contributed by atoms with van der Waals surface area (Å²) < 4.78 is 11.2. The Labute approximate surface area is 174 Å². The number of carbonyl (C=O) groups excluding carboxylic acids is 1. The monoisotopic (exact) mass is 406 g/mol. The summed E-state index contributed by atoms with van der Waals surface area (Å²) in [7, 11) is 1.61. The van der Waals surface area contributed by atoms with Gasteiger partial charge in [-0.05, 0) is 42.0 Å². The summed E-state index contributed by atoms with van der Waals surface area (Å²) in [4.78, 5) is 14.8. The number of urea groups is 1. The van der Waals surface area contributed by atoms with Gasteiger partial charge in [-0.2, -0.15) is 0 Å². The lowest BCUT2D eigenvalue weighted by atomic mass is 10.2. The molecule has 0 radical (unpaired) electrons. The summed E-state index contributed by atoms with van der Waals surface area (Å²) in [5.74, 6) is 3.14. The lowest BCUT2D eigenvalue weighted by Crippen LogP contribution is -2.34. The van der Waals surface area contributed by atoms with Gasteiger partial charge >= 0.3 is 6.03 Å². The molecule has 148 valence electrons. The van der Waals surface area contributed by atoms with Crippen molar-refractivity contribution in [3.05, 3.63) is 84.4 Å². The van der Waals surface area contributed by atoms with Crippen molar-refractivity contribution in [2.75, 3.05) is 24.7 Å². The highest BCUT2D eigenvalue weighted by molar-refractivity contribution is 7.99. The average Bonchev–Trinajstić information content (AvgIpc) is 3.25. The summed E-state index contributed by atoms with van der Waals surface area (Å²) in [6.07, 6.45) is 0. The minimum atomic E-state index is -0.123. The number of nitrogens with one attached hydrogen (secondary N) is 1. The van der Waals surface area contributed by atoms with Crippen LogP contribution in [-0.4, -0.2) is 30.3 Å². The van der Waals surface area contributed by atoms with Crippen molar-refractivity contribution in [2.45, 2.75) is 5.37 Å². The summed E-state index contributed by atoms with van der Waals surface area (Å²) >= 11 is 1.75. The van der Waals surface area contributed by atoms with Crippen LogP contribution in [0.4, 0.5) is 10.5 Å². The van der Waals surface area contributed by atoms with Crippen molar-refractivity contribution >= 4 is 23.5 Å². The van der Waals surface area contributed by atoms with E-state index in [0.29, 0.717) is 18.0 Å². The number of nitrogens with zero attached hydrogens (tertiary/aromatic N) is 1. The van der Waals surface area contributed by atoms with Gasteiger partial charge in [0.1, 0.15) is 22.6 Å². The van der Waals surface area contributed by atoms with Gasteiger partial charge in [0.2, 0.25) is 0 Å². The number of amides is 2. The maximum Gasteiger partial charge on any atom is 0.323 e. The van der Waals surface area contributed by atoms with E-state index in [2.05, 4.69) is 5.32 Å². The molecule has 3 aromatic rings. The van der Waals surface area contributed by atoms with Crippen LogP contribution in [0.25, 0.3) is 0 Å². The third-order valence-corrected chi connectivity index (χ3v) is 5.86. The van der Waals surface area contributed by atoms with Crippen LogP contribution in [0.2, 0.25) is 0 Å². The fraction of sp³-hybridized carbons (Fsp3) is 0.174. The number of hydrogen-bond acceptors (Lipinski definition) is 4. The van der Waals surface area contributed by atoms with E-state index >= 15 is 0 Å². The molecule has 1 heterocycles. The maximum atomic E-state index is 12.9. The molecule has 0 spiro atoms. The largest absolute Gasteiger partial charge is 0.497 e. The number of benzene rings is 3. The molecule has 0 saturated carbocycles. The van der Waals surface area contributed by atoms with Crippen molar-refractivity contribution in [3.8, 4) is 17.2 Å². The predicted molar refractivity (Wildman–Crippen MR) is 117 cm³/mol. The minimum absolute atomic E-state index is 0.0556. The van der Waals surface area contributed by atoms with Gasteiger partial charge in [-0.1, -0.05) is 36.4 Å². The second-order valence-electron chi connectivity index (χ2n) is 6.57. The highest BCUT2D eigenvalue weighted by atomic mass is 32.2. The highest BCUT2D eigenvalue weighted by Gasteiger charge is 2.31. The topological polar surface area (TPSA) is 50.8 Å². The van der Waals surface area contributed by atoms with E-state index in [1.165, 1.54) is 0 Å². The van der Waals surface area contributed by atoms with Gasteiger partial charge in [0.25, 0.3) is 0 Å². The first kappa shape index (κ1) is 19.2. The Morgan fingerprint density at radius 2 is 1.72 bits per heavy atom. The smallest absolute Gasteiger partial charge is 0.323 e. The number of thioether (sulfide) groups is 1. The zero-order valence-electron chi connectivity index (χ0n) is 16.1. The molecule has 2 amide bonds. The summed E-state index contributed by atoms with van der Waals surface area (Å²) in [6.45, 7) is 0.689. The molecule has 6 heteroatoms. The van der Waals surface area contributed by atoms with E-state index in [0.717, 1.165) is 22.8 Å². The van der Waals surface area contributed by atoms with E-state index in [-0.39, 0.29) is 11.4 Å². The normalized spacial score (nSPS) is 15.8. The summed E-state index contributed by atoms with van der Waals surface area (Å²) in [5, 5.41) is 2.92. The number of rotatable bonds is 5. The number of carbonyl (C=O) groups is 1. The van der Waals surface area contributed by atoms with Gasteiger partial charge in [0, 0.05) is 24.1 Å². The molecule has 1 atom stereocenters. The first-order chi connectivity index (χ1) is 14.2. The van der Waals surface area contributed by atoms with Crippen molar-refractivity contribution in [1.82, 2.24) is 4.90 Å². The molecule has 0 aromatic heterocycles. The van der Waals surface area contributed by atoms with E-state index in [1.807, 2.05) is 83.8 Å². The van der Waals surface area contributed by atoms with Crippen LogP contribution in [0, 0.1) is 0 Å². The molecular formula is C23H22N2O3S. The molecule has 1 aliphatic rings. The fourth-order valence-electron chi connectivity index (χ4n) is 3.21. The van der Waals surface area contributed by atoms with Crippen LogP contribution >= 0.6 is 11.8 Å². The molecule has 3 aromatic carbocycles. The fourth-order valence-corrected chi connectivity index (χ4v) is 4.45. The van der Waals surface area contributed by atoms with Crippen LogP contribution in [0.15, 0.2) is 78.9 Å². The SMILES string of the molecule is COc1cccc(NC(=O)N2CCS[C@H]2c2cccc(Oc3ccccc3)c2)c1. The van der Waals surface area contributed by atoms with Gasteiger partial charge in [-0.3, -0.25) is 0 Å². The molecule has 0 unspecified atom stereocenters. The van der Waals surface area contributed by atoms with Crippen LogP contribution in [0.5, 0.6) is 17.2 Å². The van der Waals surface area contributed by atoms with E-state index in [9.17, 15) is 4.79 Å².